The van der Waals surface area contributed by atoms with E-state index in [1.54, 1.807) is 29.1 Å². The molecule has 0 bridgehead atoms. The van der Waals surface area contributed by atoms with Crippen molar-refractivity contribution in [3.05, 3.63) is 78.1 Å². The van der Waals surface area contributed by atoms with Crippen LogP contribution in [-0.4, -0.2) is 49.5 Å². The summed E-state index contributed by atoms with van der Waals surface area (Å²) in [5.74, 6) is -2.19. The van der Waals surface area contributed by atoms with E-state index in [0.717, 1.165) is 22.5 Å². The maximum absolute atomic E-state index is 14.3. The molecule has 1 N–H and O–H groups in total. The fraction of sp³-hybridized carbons (Fsp3) is 0.190. The molecular weight excluding hydrogens is 428 g/mol. The predicted molar refractivity (Wildman–Crippen MR) is 110 cm³/mol. The number of nitrogens with zero attached hydrogens (tertiary/aromatic N) is 2. The lowest BCUT2D eigenvalue weighted by Crippen LogP contribution is -2.40. The van der Waals surface area contributed by atoms with Crippen molar-refractivity contribution >= 4 is 21.6 Å². The minimum atomic E-state index is -4.09. The molecule has 4 rings (SSSR count). The van der Waals surface area contributed by atoms with Crippen LogP contribution in [0.5, 0.6) is 0 Å². The molecule has 3 aromatic rings. The van der Waals surface area contributed by atoms with Crippen LogP contribution in [0.1, 0.15) is 10.4 Å². The van der Waals surface area contributed by atoms with Crippen LogP contribution in [0.4, 0.5) is 14.5 Å². The molecule has 162 valence electrons. The third-order valence-corrected chi connectivity index (χ3v) is 6.74. The van der Waals surface area contributed by atoms with Crippen LogP contribution in [0, 0.1) is 11.6 Å². The lowest BCUT2D eigenvalue weighted by Gasteiger charge is -2.26. The SMILES string of the molecule is O=C(Nc1ccc(F)c(S(=O)(=O)N2CCOCC2)c1)c1cc(F)cc(-n2cccc2)c1. The monoisotopic (exact) mass is 447 g/mol. The number of hydrogen-bond donors (Lipinski definition) is 1. The van der Waals surface area contributed by atoms with Gasteiger partial charge in [-0.2, -0.15) is 4.31 Å². The first-order valence-corrected chi connectivity index (χ1v) is 10.9. The molecule has 1 saturated heterocycles. The van der Waals surface area contributed by atoms with Gasteiger partial charge in [-0.1, -0.05) is 0 Å². The largest absolute Gasteiger partial charge is 0.379 e. The lowest BCUT2D eigenvalue weighted by molar-refractivity contribution is 0.0729. The van der Waals surface area contributed by atoms with E-state index >= 15 is 0 Å². The summed E-state index contributed by atoms with van der Waals surface area (Å²) < 4.78 is 61.9. The Labute approximate surface area is 177 Å². The van der Waals surface area contributed by atoms with Crippen LogP contribution in [0.3, 0.4) is 0 Å². The van der Waals surface area contributed by atoms with Crippen molar-refractivity contribution in [2.45, 2.75) is 4.90 Å². The first kappa shape index (κ1) is 21.2. The van der Waals surface area contributed by atoms with Crippen LogP contribution in [0.2, 0.25) is 0 Å². The molecule has 0 saturated carbocycles. The van der Waals surface area contributed by atoms with Gasteiger partial charge in [0.2, 0.25) is 10.0 Å². The van der Waals surface area contributed by atoms with E-state index < -0.39 is 32.5 Å². The summed E-state index contributed by atoms with van der Waals surface area (Å²) >= 11 is 0. The summed E-state index contributed by atoms with van der Waals surface area (Å²) in [5, 5.41) is 2.51. The number of aromatic nitrogens is 1. The first-order chi connectivity index (χ1) is 14.8. The predicted octanol–water partition coefficient (Wildman–Crippen LogP) is 3.03. The van der Waals surface area contributed by atoms with Crippen LogP contribution in [0.25, 0.3) is 5.69 Å². The van der Waals surface area contributed by atoms with Crippen molar-refractivity contribution in [3.8, 4) is 5.69 Å². The third-order valence-electron chi connectivity index (χ3n) is 4.82. The van der Waals surface area contributed by atoms with Gasteiger partial charge in [0.05, 0.1) is 13.2 Å². The average Bonchev–Trinajstić information content (AvgIpc) is 3.30. The van der Waals surface area contributed by atoms with Gasteiger partial charge in [-0.3, -0.25) is 4.79 Å². The summed E-state index contributed by atoms with van der Waals surface area (Å²) in [7, 11) is -4.09. The number of benzene rings is 2. The maximum Gasteiger partial charge on any atom is 0.255 e. The second-order valence-electron chi connectivity index (χ2n) is 6.90. The van der Waals surface area contributed by atoms with Gasteiger partial charge >= 0.3 is 0 Å². The normalized spacial score (nSPS) is 15.0. The van der Waals surface area contributed by atoms with Crippen LogP contribution in [-0.2, 0) is 14.8 Å². The van der Waals surface area contributed by atoms with Crippen molar-refractivity contribution in [2.24, 2.45) is 0 Å². The standard InChI is InChI=1S/C21H19F2N3O4S/c22-16-11-15(12-18(13-16)25-5-1-2-6-25)21(27)24-17-3-4-19(23)20(14-17)31(28,29)26-7-9-30-10-8-26/h1-6,11-14H,7-10H2,(H,24,27). The highest BCUT2D eigenvalue weighted by Crippen LogP contribution is 2.24. The minimum absolute atomic E-state index is 0.0330. The highest BCUT2D eigenvalue weighted by atomic mass is 32.2. The van der Waals surface area contributed by atoms with Crippen molar-refractivity contribution < 1.29 is 26.7 Å². The van der Waals surface area contributed by atoms with Crippen molar-refractivity contribution in [3.63, 3.8) is 0 Å². The Morgan fingerprint density at radius 2 is 1.71 bits per heavy atom. The van der Waals surface area contributed by atoms with E-state index in [0.29, 0.717) is 5.69 Å². The summed E-state index contributed by atoms with van der Waals surface area (Å²) in [4.78, 5) is 12.1. The zero-order valence-electron chi connectivity index (χ0n) is 16.3. The summed E-state index contributed by atoms with van der Waals surface area (Å²) in [6.07, 6.45) is 3.42. The highest BCUT2D eigenvalue weighted by Gasteiger charge is 2.29. The first-order valence-electron chi connectivity index (χ1n) is 9.47. The molecule has 0 aliphatic carbocycles. The van der Waals surface area contributed by atoms with Gasteiger partial charge in [0.1, 0.15) is 16.5 Å². The maximum atomic E-state index is 14.3. The van der Waals surface area contributed by atoms with E-state index in [9.17, 15) is 22.0 Å². The average molecular weight is 447 g/mol. The summed E-state index contributed by atoms with van der Waals surface area (Å²) in [5.41, 5.74) is 0.556. The number of amides is 1. The van der Waals surface area contributed by atoms with E-state index in [-0.39, 0.29) is 37.6 Å². The molecule has 31 heavy (non-hydrogen) atoms. The fourth-order valence-electron chi connectivity index (χ4n) is 3.27. The van der Waals surface area contributed by atoms with Gasteiger partial charge in [-0.15, -0.1) is 0 Å². The van der Waals surface area contributed by atoms with Gasteiger partial charge in [0, 0.05) is 42.4 Å². The molecule has 1 fully saturated rings. The van der Waals surface area contributed by atoms with E-state index in [1.807, 2.05) is 0 Å². The Kier molecular flexibility index (Phi) is 5.86. The van der Waals surface area contributed by atoms with E-state index in [1.165, 1.54) is 18.2 Å². The quantitative estimate of drug-likeness (QED) is 0.652. The summed E-state index contributed by atoms with van der Waals surface area (Å²) in [6.45, 7) is 0.675. The number of morpholine rings is 1. The molecule has 0 spiro atoms. The minimum Gasteiger partial charge on any atom is -0.379 e. The second kappa shape index (κ2) is 8.58. The Balaban J connectivity index is 1.60. The zero-order valence-corrected chi connectivity index (χ0v) is 17.1. The van der Waals surface area contributed by atoms with Crippen LogP contribution >= 0.6 is 0 Å². The molecule has 1 aliphatic rings. The van der Waals surface area contributed by atoms with E-state index in [4.69, 9.17) is 4.74 Å². The smallest absolute Gasteiger partial charge is 0.255 e. The zero-order chi connectivity index (χ0) is 22.0. The number of rotatable bonds is 5. The van der Waals surface area contributed by atoms with Gasteiger partial charge in [0.25, 0.3) is 5.91 Å². The number of sulfonamides is 1. The van der Waals surface area contributed by atoms with Crippen LogP contribution in [0.15, 0.2) is 65.8 Å². The van der Waals surface area contributed by atoms with Gasteiger partial charge in [-0.05, 0) is 48.5 Å². The molecule has 0 radical (unpaired) electrons. The van der Waals surface area contributed by atoms with E-state index in [2.05, 4.69) is 5.32 Å². The number of ether oxygens (including phenoxy) is 1. The van der Waals surface area contributed by atoms with Crippen LogP contribution < -0.4 is 5.32 Å². The molecule has 1 aromatic heterocycles. The number of halogens is 2. The second-order valence-corrected chi connectivity index (χ2v) is 8.81. The Morgan fingerprint density at radius 3 is 2.42 bits per heavy atom. The van der Waals surface area contributed by atoms with Crippen molar-refractivity contribution in [1.29, 1.82) is 0 Å². The molecular formula is C21H19F2N3O4S. The molecule has 0 unspecified atom stereocenters. The molecule has 7 nitrogen and oxygen atoms in total. The highest BCUT2D eigenvalue weighted by molar-refractivity contribution is 7.89. The molecule has 0 atom stereocenters. The van der Waals surface area contributed by atoms with Crippen molar-refractivity contribution in [1.82, 2.24) is 8.87 Å². The molecule has 10 heteroatoms. The third kappa shape index (κ3) is 4.50. The number of nitrogens with one attached hydrogen (secondary N) is 1. The Morgan fingerprint density at radius 1 is 1.00 bits per heavy atom. The fourth-order valence-corrected chi connectivity index (χ4v) is 4.77. The topological polar surface area (TPSA) is 80.6 Å². The van der Waals surface area contributed by atoms with Gasteiger partial charge in [-0.25, -0.2) is 17.2 Å². The van der Waals surface area contributed by atoms with Crippen molar-refractivity contribution in [2.75, 3.05) is 31.6 Å². The molecule has 2 aromatic carbocycles. The Hall–Kier alpha value is -3.08. The van der Waals surface area contributed by atoms with Gasteiger partial charge in [0.15, 0.2) is 0 Å². The molecule has 1 aliphatic heterocycles. The number of hydrogen-bond acceptors (Lipinski definition) is 4. The van der Waals surface area contributed by atoms with Gasteiger partial charge < -0.3 is 14.6 Å². The molecule has 2 heterocycles. The number of carbonyl (C=O) groups is 1. The summed E-state index contributed by atoms with van der Waals surface area (Å²) in [6, 6.07) is 10.6. The molecule has 1 amide bonds. The Bertz CT molecular complexity index is 1210. The number of carbonyl (C=O) groups excluding carboxylic acids is 1. The number of anilines is 1. The lowest BCUT2D eigenvalue weighted by atomic mass is 10.1.